The average molecular weight is 226 g/mol. The first-order chi connectivity index (χ1) is 7.16. The number of hydrogen-bond acceptors (Lipinski definition) is 5. The van der Waals surface area contributed by atoms with Crippen molar-refractivity contribution in [2.24, 2.45) is 11.8 Å². The van der Waals surface area contributed by atoms with Gasteiger partial charge in [-0.3, -0.25) is 4.79 Å². The molecule has 1 aromatic rings. The summed E-state index contributed by atoms with van der Waals surface area (Å²) in [5.74, 6) is 0.483. The van der Waals surface area contributed by atoms with Crippen molar-refractivity contribution < 1.29 is 4.79 Å². The molecule has 15 heavy (non-hydrogen) atoms. The van der Waals surface area contributed by atoms with Gasteiger partial charge in [-0.05, 0) is 19.4 Å². The van der Waals surface area contributed by atoms with Crippen LogP contribution < -0.4 is 10.6 Å². The monoisotopic (exact) mass is 226 g/mol. The summed E-state index contributed by atoms with van der Waals surface area (Å²) in [6.07, 6.45) is 0. The summed E-state index contributed by atoms with van der Waals surface area (Å²) in [4.78, 5) is 11.8. The van der Waals surface area contributed by atoms with Gasteiger partial charge in [0.1, 0.15) is 5.01 Å². The van der Waals surface area contributed by atoms with Gasteiger partial charge in [-0.2, -0.15) is 0 Å². The van der Waals surface area contributed by atoms with Gasteiger partial charge in [-0.15, -0.1) is 10.2 Å². The minimum absolute atomic E-state index is 0.0450. The second kappa shape index (κ2) is 4.24. The van der Waals surface area contributed by atoms with Crippen LogP contribution in [0.1, 0.15) is 11.9 Å². The molecular weight excluding hydrogens is 212 g/mol. The van der Waals surface area contributed by atoms with E-state index in [1.165, 1.54) is 11.3 Å². The molecule has 1 aliphatic heterocycles. The number of rotatable bonds is 2. The van der Waals surface area contributed by atoms with Gasteiger partial charge in [-0.1, -0.05) is 18.3 Å². The number of anilines is 1. The first kappa shape index (κ1) is 10.5. The van der Waals surface area contributed by atoms with Crippen molar-refractivity contribution in [3.05, 3.63) is 5.01 Å². The van der Waals surface area contributed by atoms with E-state index in [2.05, 4.69) is 27.8 Å². The van der Waals surface area contributed by atoms with Gasteiger partial charge in [0, 0.05) is 6.54 Å². The summed E-state index contributed by atoms with van der Waals surface area (Å²) < 4.78 is 0. The van der Waals surface area contributed by atoms with E-state index >= 15 is 0 Å². The number of aromatic nitrogens is 2. The van der Waals surface area contributed by atoms with E-state index in [0.29, 0.717) is 11.0 Å². The van der Waals surface area contributed by atoms with Gasteiger partial charge in [0.2, 0.25) is 11.0 Å². The Kier molecular flexibility index (Phi) is 2.97. The average Bonchev–Trinajstić information content (AvgIpc) is 2.75. The molecule has 0 aromatic carbocycles. The molecule has 0 aliphatic carbocycles. The molecule has 82 valence electrons. The Labute approximate surface area is 92.3 Å². The van der Waals surface area contributed by atoms with Crippen LogP contribution in [0.3, 0.4) is 0 Å². The minimum atomic E-state index is 0.0450. The highest BCUT2D eigenvalue weighted by Gasteiger charge is 2.29. The van der Waals surface area contributed by atoms with E-state index in [-0.39, 0.29) is 11.8 Å². The molecule has 0 radical (unpaired) electrons. The third-order valence-corrected chi connectivity index (χ3v) is 3.36. The van der Waals surface area contributed by atoms with Gasteiger partial charge < -0.3 is 10.6 Å². The normalized spacial score (nSPS) is 25.5. The quantitative estimate of drug-likeness (QED) is 0.776. The molecular formula is C9H14N4OS. The van der Waals surface area contributed by atoms with Gasteiger partial charge in [0.25, 0.3) is 0 Å². The number of carbonyl (C=O) groups excluding carboxylic acids is 1. The summed E-state index contributed by atoms with van der Waals surface area (Å²) in [7, 11) is 0. The summed E-state index contributed by atoms with van der Waals surface area (Å²) >= 11 is 1.40. The van der Waals surface area contributed by atoms with Gasteiger partial charge in [-0.25, -0.2) is 0 Å². The number of amides is 1. The lowest BCUT2D eigenvalue weighted by Gasteiger charge is -2.11. The Bertz CT molecular complexity index is 365. The highest BCUT2D eigenvalue weighted by molar-refractivity contribution is 7.15. The molecule has 2 atom stereocenters. The fourth-order valence-electron chi connectivity index (χ4n) is 1.71. The zero-order valence-electron chi connectivity index (χ0n) is 8.78. The zero-order valence-corrected chi connectivity index (χ0v) is 9.60. The van der Waals surface area contributed by atoms with Crippen molar-refractivity contribution in [1.29, 1.82) is 0 Å². The van der Waals surface area contributed by atoms with Crippen LogP contribution in [0.2, 0.25) is 0 Å². The maximum absolute atomic E-state index is 11.8. The van der Waals surface area contributed by atoms with Crippen LogP contribution >= 0.6 is 11.3 Å². The Balaban J connectivity index is 1.97. The zero-order chi connectivity index (χ0) is 10.8. The van der Waals surface area contributed by atoms with Crippen molar-refractivity contribution in [3.63, 3.8) is 0 Å². The van der Waals surface area contributed by atoms with Crippen LogP contribution in [0.4, 0.5) is 5.13 Å². The van der Waals surface area contributed by atoms with E-state index < -0.39 is 0 Å². The molecule has 0 unspecified atom stereocenters. The number of nitrogens with zero attached hydrogens (tertiary/aromatic N) is 2. The first-order valence-corrected chi connectivity index (χ1v) is 5.80. The molecule has 0 saturated carbocycles. The number of nitrogens with one attached hydrogen (secondary N) is 2. The molecule has 1 fully saturated rings. The predicted molar refractivity (Wildman–Crippen MR) is 58.8 cm³/mol. The van der Waals surface area contributed by atoms with Crippen LogP contribution in [0.25, 0.3) is 0 Å². The molecule has 6 heteroatoms. The standard InChI is InChI=1S/C9H14N4OS/c1-5-3-10-4-7(5)8(14)11-9-13-12-6(2)15-9/h5,7,10H,3-4H2,1-2H3,(H,11,13,14)/t5-,7-/m1/s1. The van der Waals surface area contributed by atoms with Crippen molar-refractivity contribution in [1.82, 2.24) is 15.5 Å². The van der Waals surface area contributed by atoms with Crippen molar-refractivity contribution in [2.45, 2.75) is 13.8 Å². The first-order valence-electron chi connectivity index (χ1n) is 4.98. The summed E-state index contributed by atoms with van der Waals surface area (Å²) in [5, 5.41) is 15.2. The third-order valence-electron chi connectivity index (χ3n) is 2.61. The lowest BCUT2D eigenvalue weighted by molar-refractivity contribution is -0.120. The van der Waals surface area contributed by atoms with E-state index in [1.807, 2.05) is 6.92 Å². The third kappa shape index (κ3) is 2.32. The van der Waals surface area contributed by atoms with Gasteiger partial charge in [0.15, 0.2) is 0 Å². The molecule has 1 aliphatic rings. The van der Waals surface area contributed by atoms with Crippen molar-refractivity contribution in [3.8, 4) is 0 Å². The van der Waals surface area contributed by atoms with Gasteiger partial charge >= 0.3 is 0 Å². The van der Waals surface area contributed by atoms with E-state index in [1.54, 1.807) is 0 Å². The summed E-state index contributed by atoms with van der Waals surface area (Å²) in [5.41, 5.74) is 0. The lowest BCUT2D eigenvalue weighted by atomic mass is 9.97. The summed E-state index contributed by atoms with van der Waals surface area (Å²) in [6.45, 7) is 5.61. The fourth-order valence-corrected chi connectivity index (χ4v) is 2.30. The number of hydrogen-bond donors (Lipinski definition) is 2. The Hall–Kier alpha value is -1.01. The maximum atomic E-state index is 11.8. The highest BCUT2D eigenvalue weighted by Crippen LogP contribution is 2.20. The van der Waals surface area contributed by atoms with E-state index in [9.17, 15) is 4.79 Å². The van der Waals surface area contributed by atoms with Crippen molar-refractivity contribution >= 4 is 22.4 Å². The van der Waals surface area contributed by atoms with Gasteiger partial charge in [0.05, 0.1) is 5.92 Å². The Morgan fingerprint density at radius 1 is 1.53 bits per heavy atom. The van der Waals surface area contributed by atoms with E-state index in [0.717, 1.165) is 18.1 Å². The Morgan fingerprint density at radius 2 is 2.33 bits per heavy atom. The van der Waals surface area contributed by atoms with Crippen LogP contribution in [-0.2, 0) is 4.79 Å². The Morgan fingerprint density at radius 3 is 2.87 bits per heavy atom. The van der Waals surface area contributed by atoms with Crippen molar-refractivity contribution in [2.75, 3.05) is 18.4 Å². The second-order valence-corrected chi connectivity index (χ2v) is 5.04. The summed E-state index contributed by atoms with van der Waals surface area (Å²) in [6, 6.07) is 0. The maximum Gasteiger partial charge on any atom is 0.230 e. The molecule has 1 saturated heterocycles. The topological polar surface area (TPSA) is 66.9 Å². The second-order valence-electron chi connectivity index (χ2n) is 3.86. The molecule has 1 amide bonds. The molecule has 0 spiro atoms. The van der Waals surface area contributed by atoms with Crippen LogP contribution in [0.15, 0.2) is 0 Å². The van der Waals surface area contributed by atoms with E-state index in [4.69, 9.17) is 0 Å². The lowest BCUT2D eigenvalue weighted by Crippen LogP contribution is -2.27. The molecule has 2 rings (SSSR count). The molecule has 5 nitrogen and oxygen atoms in total. The fraction of sp³-hybridized carbons (Fsp3) is 0.667. The molecule has 1 aromatic heterocycles. The predicted octanol–water partition coefficient (Wildman–Crippen LogP) is 0.641. The number of carbonyl (C=O) groups is 1. The molecule has 0 bridgehead atoms. The van der Waals surface area contributed by atoms with Crippen LogP contribution in [0, 0.1) is 18.8 Å². The SMILES string of the molecule is Cc1nnc(NC(=O)[C@@H]2CNC[C@H]2C)s1. The number of aryl methyl sites for hydroxylation is 1. The van der Waals surface area contributed by atoms with Crippen LogP contribution in [-0.4, -0.2) is 29.2 Å². The largest absolute Gasteiger partial charge is 0.316 e. The smallest absolute Gasteiger partial charge is 0.230 e. The highest BCUT2D eigenvalue weighted by atomic mass is 32.1. The molecule has 2 N–H and O–H groups in total. The van der Waals surface area contributed by atoms with Crippen LogP contribution in [0.5, 0.6) is 0 Å². The molecule has 2 heterocycles. The minimum Gasteiger partial charge on any atom is -0.316 e.